The van der Waals surface area contributed by atoms with Gasteiger partial charge in [-0.1, -0.05) is 43.3 Å². The zero-order valence-corrected chi connectivity index (χ0v) is 11.6. The van der Waals surface area contributed by atoms with Gasteiger partial charge in [0.05, 0.1) is 0 Å². The Labute approximate surface area is 115 Å². The Hall–Kier alpha value is -1.56. The Morgan fingerprint density at radius 1 is 0.947 bits per heavy atom. The van der Waals surface area contributed by atoms with E-state index in [-0.39, 0.29) is 0 Å². The standard InChI is InChI=1S/C19H20/c1-13-6-7-15-9-10-17-16-5-3-2-4-14(16)8-11-18(17)19(15)12-13/h2,4,8-11,13H,3,5-7,12H2,1H3. The van der Waals surface area contributed by atoms with E-state index < -0.39 is 0 Å². The first-order chi connectivity index (χ1) is 9.33. The zero-order chi connectivity index (χ0) is 12.8. The third-order valence-electron chi connectivity index (χ3n) is 4.87. The Kier molecular flexibility index (Phi) is 2.51. The monoisotopic (exact) mass is 248 g/mol. The highest BCUT2D eigenvalue weighted by Gasteiger charge is 2.19. The van der Waals surface area contributed by atoms with Crippen molar-refractivity contribution in [2.45, 2.75) is 39.0 Å². The first kappa shape index (κ1) is 11.3. The number of rotatable bonds is 0. The lowest BCUT2D eigenvalue weighted by atomic mass is 9.80. The summed E-state index contributed by atoms with van der Waals surface area (Å²) < 4.78 is 0. The minimum Gasteiger partial charge on any atom is -0.0836 e. The quantitative estimate of drug-likeness (QED) is 0.620. The first-order valence-corrected chi connectivity index (χ1v) is 7.56. The van der Waals surface area contributed by atoms with Crippen molar-refractivity contribution in [1.82, 2.24) is 0 Å². The highest BCUT2D eigenvalue weighted by molar-refractivity contribution is 5.92. The van der Waals surface area contributed by atoms with Crippen LogP contribution in [0.15, 0.2) is 30.3 Å². The molecule has 1 unspecified atom stereocenters. The maximum atomic E-state index is 2.39. The fourth-order valence-corrected chi connectivity index (χ4v) is 3.79. The number of fused-ring (bicyclic) bond motifs is 5. The summed E-state index contributed by atoms with van der Waals surface area (Å²) in [7, 11) is 0. The van der Waals surface area contributed by atoms with Crippen LogP contribution in [-0.2, 0) is 19.3 Å². The van der Waals surface area contributed by atoms with Crippen molar-refractivity contribution in [3.05, 3.63) is 52.6 Å². The Bertz CT molecular complexity index is 676. The molecule has 2 aromatic rings. The predicted molar refractivity (Wildman–Crippen MR) is 82.5 cm³/mol. The third kappa shape index (κ3) is 1.74. The fraction of sp³-hybridized carbons (Fsp3) is 0.368. The summed E-state index contributed by atoms with van der Waals surface area (Å²) in [6.45, 7) is 2.39. The molecule has 0 aromatic heterocycles. The topological polar surface area (TPSA) is 0 Å². The molecule has 0 amide bonds. The van der Waals surface area contributed by atoms with Gasteiger partial charge in [0.2, 0.25) is 0 Å². The highest BCUT2D eigenvalue weighted by atomic mass is 14.2. The SMILES string of the molecule is CC1CCc2ccc3c4c(ccc3c2C1)C=CCC4. The molecule has 0 saturated heterocycles. The molecule has 2 aromatic carbocycles. The molecular formula is C19H20. The van der Waals surface area contributed by atoms with Crippen molar-refractivity contribution in [2.75, 3.05) is 0 Å². The molecule has 0 heteroatoms. The van der Waals surface area contributed by atoms with Gasteiger partial charge < -0.3 is 0 Å². The largest absolute Gasteiger partial charge is 0.0836 e. The predicted octanol–water partition coefficient (Wildman–Crippen LogP) is 4.92. The number of hydrogen-bond donors (Lipinski definition) is 0. The molecular weight excluding hydrogens is 228 g/mol. The lowest BCUT2D eigenvalue weighted by Crippen LogP contribution is -2.12. The van der Waals surface area contributed by atoms with Crippen LogP contribution >= 0.6 is 0 Å². The van der Waals surface area contributed by atoms with Gasteiger partial charge in [-0.15, -0.1) is 0 Å². The van der Waals surface area contributed by atoms with Crippen molar-refractivity contribution in [3.8, 4) is 0 Å². The lowest BCUT2D eigenvalue weighted by molar-refractivity contribution is 0.504. The maximum Gasteiger partial charge on any atom is -0.0143 e. The molecule has 0 aliphatic heterocycles. The van der Waals surface area contributed by atoms with Crippen LogP contribution in [0.1, 0.15) is 42.0 Å². The van der Waals surface area contributed by atoms with Crippen LogP contribution in [0.4, 0.5) is 0 Å². The van der Waals surface area contributed by atoms with Gasteiger partial charge in [0.25, 0.3) is 0 Å². The van der Waals surface area contributed by atoms with E-state index in [0.717, 1.165) is 5.92 Å². The summed E-state index contributed by atoms with van der Waals surface area (Å²) in [5.74, 6) is 0.842. The molecule has 0 N–H and O–H groups in total. The van der Waals surface area contributed by atoms with Gasteiger partial charge in [-0.05, 0) is 71.0 Å². The van der Waals surface area contributed by atoms with Crippen molar-refractivity contribution < 1.29 is 0 Å². The molecule has 96 valence electrons. The summed E-state index contributed by atoms with van der Waals surface area (Å²) in [6, 6.07) is 9.46. The van der Waals surface area contributed by atoms with E-state index in [0.29, 0.717) is 0 Å². The summed E-state index contributed by atoms with van der Waals surface area (Å²) in [5.41, 5.74) is 6.23. The summed E-state index contributed by atoms with van der Waals surface area (Å²) in [4.78, 5) is 0. The summed E-state index contributed by atoms with van der Waals surface area (Å²) in [5, 5.41) is 3.04. The molecule has 1 atom stereocenters. The Morgan fingerprint density at radius 2 is 1.79 bits per heavy atom. The Morgan fingerprint density at radius 3 is 2.74 bits per heavy atom. The van der Waals surface area contributed by atoms with Crippen LogP contribution in [0.25, 0.3) is 16.8 Å². The second-order valence-electron chi connectivity index (χ2n) is 6.22. The van der Waals surface area contributed by atoms with Crippen LogP contribution in [0.2, 0.25) is 0 Å². The second kappa shape index (κ2) is 4.23. The normalized spacial score (nSPS) is 21.2. The van der Waals surface area contributed by atoms with Crippen LogP contribution in [0.3, 0.4) is 0 Å². The van der Waals surface area contributed by atoms with Gasteiger partial charge in [0.1, 0.15) is 0 Å². The van der Waals surface area contributed by atoms with Gasteiger partial charge in [-0.3, -0.25) is 0 Å². The molecule has 19 heavy (non-hydrogen) atoms. The number of hydrogen-bond acceptors (Lipinski definition) is 0. The molecule has 0 bridgehead atoms. The minimum absolute atomic E-state index is 0.842. The number of allylic oxidation sites excluding steroid dienone is 1. The van der Waals surface area contributed by atoms with Crippen molar-refractivity contribution in [2.24, 2.45) is 5.92 Å². The molecule has 0 nitrogen and oxygen atoms in total. The molecule has 0 heterocycles. The summed E-state index contributed by atoms with van der Waals surface area (Å²) >= 11 is 0. The minimum atomic E-state index is 0.842. The molecule has 0 spiro atoms. The van der Waals surface area contributed by atoms with E-state index in [1.807, 2.05) is 0 Å². The molecule has 2 aliphatic carbocycles. The van der Waals surface area contributed by atoms with E-state index in [4.69, 9.17) is 0 Å². The van der Waals surface area contributed by atoms with E-state index in [9.17, 15) is 0 Å². The van der Waals surface area contributed by atoms with E-state index >= 15 is 0 Å². The lowest BCUT2D eigenvalue weighted by Gasteiger charge is -2.24. The van der Waals surface area contributed by atoms with E-state index in [1.54, 1.807) is 16.7 Å². The molecule has 0 saturated carbocycles. The van der Waals surface area contributed by atoms with E-state index in [2.05, 4.69) is 43.3 Å². The fourth-order valence-electron chi connectivity index (χ4n) is 3.79. The van der Waals surface area contributed by atoms with Crippen LogP contribution < -0.4 is 0 Å². The zero-order valence-electron chi connectivity index (χ0n) is 11.6. The Balaban J connectivity index is 2.00. The van der Waals surface area contributed by atoms with Gasteiger partial charge >= 0.3 is 0 Å². The van der Waals surface area contributed by atoms with Crippen LogP contribution in [0, 0.1) is 5.92 Å². The van der Waals surface area contributed by atoms with E-state index in [1.165, 1.54) is 48.4 Å². The average Bonchev–Trinajstić information content (AvgIpc) is 2.46. The third-order valence-corrected chi connectivity index (χ3v) is 4.87. The molecule has 0 fully saturated rings. The van der Waals surface area contributed by atoms with Crippen LogP contribution in [-0.4, -0.2) is 0 Å². The smallest absolute Gasteiger partial charge is 0.0143 e. The second-order valence-corrected chi connectivity index (χ2v) is 6.22. The first-order valence-electron chi connectivity index (χ1n) is 7.56. The summed E-state index contributed by atoms with van der Waals surface area (Å²) in [6.07, 6.45) is 10.9. The van der Waals surface area contributed by atoms with Crippen molar-refractivity contribution in [3.63, 3.8) is 0 Å². The van der Waals surface area contributed by atoms with Gasteiger partial charge in [-0.2, -0.15) is 0 Å². The average molecular weight is 248 g/mol. The van der Waals surface area contributed by atoms with Crippen molar-refractivity contribution in [1.29, 1.82) is 0 Å². The highest BCUT2D eigenvalue weighted by Crippen LogP contribution is 2.35. The van der Waals surface area contributed by atoms with Gasteiger partial charge in [0, 0.05) is 0 Å². The van der Waals surface area contributed by atoms with Crippen LogP contribution in [0.5, 0.6) is 0 Å². The van der Waals surface area contributed by atoms with Gasteiger partial charge in [0.15, 0.2) is 0 Å². The molecule has 0 radical (unpaired) electrons. The van der Waals surface area contributed by atoms with Gasteiger partial charge in [-0.25, -0.2) is 0 Å². The number of benzene rings is 2. The maximum absolute atomic E-state index is 2.39. The molecule has 4 rings (SSSR count). The molecule has 2 aliphatic rings. The number of aryl methyl sites for hydroxylation is 2. The van der Waals surface area contributed by atoms with Crippen molar-refractivity contribution >= 4 is 16.8 Å².